The highest BCUT2D eigenvalue weighted by Crippen LogP contribution is 2.35. The molecule has 0 atom stereocenters. The Morgan fingerprint density at radius 1 is 1.12 bits per heavy atom. The van der Waals surface area contributed by atoms with Crippen LogP contribution in [0.15, 0.2) is 28.7 Å². The first-order valence-corrected chi connectivity index (χ1v) is 9.41. The van der Waals surface area contributed by atoms with Crippen molar-refractivity contribution in [1.82, 2.24) is 0 Å². The maximum atomic E-state index is 12.0. The molecule has 1 amide bonds. The van der Waals surface area contributed by atoms with Gasteiger partial charge in [-0.25, -0.2) is 0 Å². The molecule has 0 saturated carbocycles. The molecular formula is C20H23BrClNO2. The van der Waals surface area contributed by atoms with E-state index < -0.39 is 0 Å². The second-order valence-corrected chi connectivity index (χ2v) is 7.41. The number of halogens is 2. The molecule has 5 heteroatoms. The SMILES string of the molecule is Cc1ccc(NC(=O)CCCOc2cc(C)c(Cl)c(C)c2Br)cc1C. The number of rotatable bonds is 6. The van der Waals surface area contributed by atoms with Crippen LogP contribution in [0.2, 0.25) is 5.02 Å². The van der Waals surface area contributed by atoms with Crippen LogP contribution in [0.3, 0.4) is 0 Å². The third-order valence-electron chi connectivity index (χ3n) is 4.17. The van der Waals surface area contributed by atoms with Gasteiger partial charge >= 0.3 is 0 Å². The molecular weight excluding hydrogens is 402 g/mol. The van der Waals surface area contributed by atoms with Crippen LogP contribution in [0.5, 0.6) is 5.75 Å². The molecule has 0 bridgehead atoms. The minimum Gasteiger partial charge on any atom is -0.492 e. The van der Waals surface area contributed by atoms with Crippen LogP contribution in [0.25, 0.3) is 0 Å². The third kappa shape index (κ3) is 5.23. The second kappa shape index (κ2) is 8.72. The van der Waals surface area contributed by atoms with Gasteiger partial charge in [0.05, 0.1) is 11.1 Å². The van der Waals surface area contributed by atoms with E-state index in [1.807, 2.05) is 45.0 Å². The van der Waals surface area contributed by atoms with Crippen molar-refractivity contribution in [3.63, 3.8) is 0 Å². The largest absolute Gasteiger partial charge is 0.492 e. The van der Waals surface area contributed by atoms with Crippen molar-refractivity contribution in [3.8, 4) is 5.75 Å². The van der Waals surface area contributed by atoms with Crippen LogP contribution in [0.4, 0.5) is 5.69 Å². The highest BCUT2D eigenvalue weighted by atomic mass is 79.9. The maximum Gasteiger partial charge on any atom is 0.224 e. The molecule has 0 heterocycles. The number of aryl methyl sites for hydroxylation is 3. The normalized spacial score (nSPS) is 10.6. The molecule has 0 aliphatic carbocycles. The predicted octanol–water partition coefficient (Wildman–Crippen LogP) is 6.13. The van der Waals surface area contributed by atoms with Crippen molar-refractivity contribution in [2.75, 3.05) is 11.9 Å². The molecule has 25 heavy (non-hydrogen) atoms. The van der Waals surface area contributed by atoms with Crippen molar-refractivity contribution in [1.29, 1.82) is 0 Å². The fourth-order valence-corrected chi connectivity index (χ4v) is 3.15. The summed E-state index contributed by atoms with van der Waals surface area (Å²) in [6, 6.07) is 7.83. The summed E-state index contributed by atoms with van der Waals surface area (Å²) in [6.07, 6.45) is 1.06. The lowest BCUT2D eigenvalue weighted by Gasteiger charge is -2.13. The molecule has 0 fully saturated rings. The fraction of sp³-hybridized carbons (Fsp3) is 0.350. The molecule has 2 aromatic carbocycles. The highest BCUT2D eigenvalue weighted by Gasteiger charge is 2.11. The van der Waals surface area contributed by atoms with E-state index in [2.05, 4.69) is 28.2 Å². The van der Waals surface area contributed by atoms with E-state index in [9.17, 15) is 4.79 Å². The Morgan fingerprint density at radius 2 is 1.84 bits per heavy atom. The Labute approximate surface area is 162 Å². The van der Waals surface area contributed by atoms with Gasteiger partial charge in [-0.2, -0.15) is 0 Å². The summed E-state index contributed by atoms with van der Waals surface area (Å²) in [6.45, 7) is 8.46. The summed E-state index contributed by atoms with van der Waals surface area (Å²) in [5.41, 5.74) is 5.15. The van der Waals surface area contributed by atoms with Gasteiger partial charge in [0.1, 0.15) is 5.75 Å². The standard InChI is InChI=1S/C20H23BrClNO2/c1-12-7-8-16(10-13(12)2)23-18(24)6-5-9-25-17-11-14(3)20(22)15(4)19(17)21/h7-8,10-11H,5-6,9H2,1-4H3,(H,23,24). The summed E-state index contributed by atoms with van der Waals surface area (Å²) in [5.74, 6) is 0.753. The fourth-order valence-electron chi connectivity index (χ4n) is 2.46. The van der Waals surface area contributed by atoms with Crippen LogP contribution in [0, 0.1) is 27.7 Å². The first kappa shape index (κ1) is 19.8. The highest BCUT2D eigenvalue weighted by molar-refractivity contribution is 9.10. The Kier molecular flexibility index (Phi) is 6.91. The number of hydrogen-bond donors (Lipinski definition) is 1. The lowest BCUT2D eigenvalue weighted by atomic mass is 10.1. The van der Waals surface area contributed by atoms with Gasteiger partial charge in [-0.05, 0) is 90.5 Å². The number of amides is 1. The molecule has 3 nitrogen and oxygen atoms in total. The number of anilines is 1. The van der Waals surface area contributed by atoms with Crippen LogP contribution < -0.4 is 10.1 Å². The van der Waals surface area contributed by atoms with Gasteiger partial charge in [-0.3, -0.25) is 4.79 Å². The van der Waals surface area contributed by atoms with E-state index in [1.165, 1.54) is 11.1 Å². The van der Waals surface area contributed by atoms with Crippen molar-refractivity contribution in [3.05, 3.63) is 56.0 Å². The molecule has 0 saturated heterocycles. The molecule has 0 aliphatic heterocycles. The zero-order chi connectivity index (χ0) is 18.6. The molecule has 2 aromatic rings. The molecule has 0 radical (unpaired) electrons. The average Bonchev–Trinajstić information content (AvgIpc) is 2.57. The monoisotopic (exact) mass is 423 g/mol. The van der Waals surface area contributed by atoms with E-state index in [0.717, 1.165) is 32.1 Å². The zero-order valence-electron chi connectivity index (χ0n) is 15.0. The summed E-state index contributed by atoms with van der Waals surface area (Å²) < 4.78 is 6.67. The lowest BCUT2D eigenvalue weighted by molar-refractivity contribution is -0.116. The van der Waals surface area contributed by atoms with Gasteiger partial charge < -0.3 is 10.1 Å². The predicted molar refractivity (Wildman–Crippen MR) is 108 cm³/mol. The maximum absolute atomic E-state index is 12.0. The minimum atomic E-state index is -0.00520. The van der Waals surface area contributed by atoms with Gasteiger partial charge in [-0.15, -0.1) is 0 Å². The Morgan fingerprint density at radius 3 is 2.52 bits per heavy atom. The molecule has 1 N–H and O–H groups in total. The number of carbonyl (C=O) groups excluding carboxylic acids is 1. The van der Waals surface area contributed by atoms with Crippen molar-refractivity contribution < 1.29 is 9.53 Å². The molecule has 0 spiro atoms. The lowest BCUT2D eigenvalue weighted by Crippen LogP contribution is -2.13. The van der Waals surface area contributed by atoms with E-state index in [-0.39, 0.29) is 5.91 Å². The molecule has 0 aromatic heterocycles. The summed E-state index contributed by atoms with van der Waals surface area (Å²) >= 11 is 9.73. The van der Waals surface area contributed by atoms with Gasteiger partial charge in [0.15, 0.2) is 0 Å². The molecule has 2 rings (SSSR count). The Bertz CT molecular complexity index is 790. The van der Waals surface area contributed by atoms with E-state index in [0.29, 0.717) is 19.4 Å². The number of ether oxygens (including phenoxy) is 1. The van der Waals surface area contributed by atoms with Gasteiger partial charge in [0.2, 0.25) is 5.91 Å². The van der Waals surface area contributed by atoms with E-state index >= 15 is 0 Å². The van der Waals surface area contributed by atoms with E-state index in [1.54, 1.807) is 0 Å². The van der Waals surface area contributed by atoms with Gasteiger partial charge in [0.25, 0.3) is 0 Å². The molecule has 0 aliphatic rings. The number of benzene rings is 2. The quantitative estimate of drug-likeness (QED) is 0.566. The van der Waals surface area contributed by atoms with Gasteiger partial charge in [-0.1, -0.05) is 17.7 Å². The summed E-state index contributed by atoms with van der Waals surface area (Å²) in [5, 5.41) is 3.67. The van der Waals surface area contributed by atoms with Crippen LogP contribution in [0.1, 0.15) is 35.1 Å². The van der Waals surface area contributed by atoms with Crippen molar-refractivity contribution in [2.45, 2.75) is 40.5 Å². The smallest absolute Gasteiger partial charge is 0.224 e. The van der Waals surface area contributed by atoms with Crippen molar-refractivity contribution in [2.24, 2.45) is 0 Å². The van der Waals surface area contributed by atoms with Crippen molar-refractivity contribution >= 4 is 39.1 Å². The number of nitrogens with one attached hydrogen (secondary N) is 1. The molecule has 134 valence electrons. The van der Waals surface area contributed by atoms with Crippen LogP contribution >= 0.6 is 27.5 Å². The summed E-state index contributed by atoms with van der Waals surface area (Å²) in [4.78, 5) is 12.0. The molecule has 0 unspecified atom stereocenters. The zero-order valence-corrected chi connectivity index (χ0v) is 17.3. The second-order valence-electron chi connectivity index (χ2n) is 6.24. The van der Waals surface area contributed by atoms with E-state index in [4.69, 9.17) is 16.3 Å². The average molecular weight is 425 g/mol. The topological polar surface area (TPSA) is 38.3 Å². The first-order chi connectivity index (χ1) is 11.8. The third-order valence-corrected chi connectivity index (χ3v) is 5.73. The first-order valence-electron chi connectivity index (χ1n) is 8.24. The number of hydrogen-bond acceptors (Lipinski definition) is 2. The minimum absolute atomic E-state index is 0.00520. The van der Waals surface area contributed by atoms with Crippen LogP contribution in [-0.2, 0) is 4.79 Å². The summed E-state index contributed by atoms with van der Waals surface area (Å²) in [7, 11) is 0. The Hall–Kier alpha value is -1.52. The van der Waals surface area contributed by atoms with Gasteiger partial charge in [0, 0.05) is 17.1 Å². The number of carbonyl (C=O) groups is 1. The Balaban J connectivity index is 1.83. The van der Waals surface area contributed by atoms with Crippen LogP contribution in [-0.4, -0.2) is 12.5 Å².